The van der Waals surface area contributed by atoms with E-state index in [9.17, 15) is 24.1 Å². The number of esters is 1. The molecule has 1 unspecified atom stereocenters. The third kappa shape index (κ3) is 6.06. The highest BCUT2D eigenvalue weighted by atomic mass is 19.1. The second-order valence-corrected chi connectivity index (χ2v) is 7.10. The summed E-state index contributed by atoms with van der Waals surface area (Å²) < 4.78 is 29.7. The zero-order valence-electron chi connectivity index (χ0n) is 18.3. The minimum Gasteiger partial charge on any atom is -0.493 e. The van der Waals surface area contributed by atoms with Crippen LogP contribution in [0.4, 0.5) is 15.8 Å². The van der Waals surface area contributed by atoms with E-state index in [1.807, 2.05) is 30.3 Å². The normalized spacial score (nSPS) is 11.3. The number of nitro benzene ring substituents is 1. The molecule has 1 N–H and O–H groups in total. The summed E-state index contributed by atoms with van der Waals surface area (Å²) in [6.07, 6.45) is -1.24. The van der Waals surface area contributed by atoms with E-state index in [2.05, 4.69) is 5.32 Å². The fourth-order valence-electron chi connectivity index (χ4n) is 2.91. The summed E-state index contributed by atoms with van der Waals surface area (Å²) in [7, 11) is 1.43. The number of carbonyl (C=O) groups excluding carboxylic acids is 2. The Morgan fingerprint density at radius 1 is 1.06 bits per heavy atom. The fourth-order valence-corrected chi connectivity index (χ4v) is 2.91. The van der Waals surface area contributed by atoms with Crippen LogP contribution in [0.5, 0.6) is 11.5 Å². The van der Waals surface area contributed by atoms with Gasteiger partial charge in [-0.1, -0.05) is 30.3 Å². The molecule has 34 heavy (non-hydrogen) atoms. The average Bonchev–Trinajstić information content (AvgIpc) is 2.84. The van der Waals surface area contributed by atoms with Gasteiger partial charge in [-0.15, -0.1) is 0 Å². The Bertz CT molecular complexity index is 1200. The molecular formula is C24H21FN2O7. The van der Waals surface area contributed by atoms with E-state index in [4.69, 9.17) is 14.2 Å². The van der Waals surface area contributed by atoms with Crippen molar-refractivity contribution in [1.29, 1.82) is 0 Å². The van der Waals surface area contributed by atoms with Gasteiger partial charge in [-0.25, -0.2) is 4.79 Å². The lowest BCUT2D eigenvalue weighted by molar-refractivity contribution is -0.387. The Balaban J connectivity index is 1.63. The molecule has 3 rings (SSSR count). The zero-order valence-corrected chi connectivity index (χ0v) is 18.3. The highest BCUT2D eigenvalue weighted by Gasteiger charge is 2.22. The van der Waals surface area contributed by atoms with Gasteiger partial charge in [0.1, 0.15) is 6.61 Å². The van der Waals surface area contributed by atoms with Crippen molar-refractivity contribution in [3.05, 3.63) is 93.8 Å². The van der Waals surface area contributed by atoms with Crippen molar-refractivity contribution >= 4 is 23.3 Å². The monoisotopic (exact) mass is 468 g/mol. The predicted molar refractivity (Wildman–Crippen MR) is 120 cm³/mol. The second kappa shape index (κ2) is 10.9. The number of carbonyl (C=O) groups is 2. The van der Waals surface area contributed by atoms with E-state index in [0.29, 0.717) is 18.1 Å². The maximum atomic E-state index is 13.5. The summed E-state index contributed by atoms with van der Waals surface area (Å²) in [4.78, 5) is 34.8. The first-order valence-corrected chi connectivity index (χ1v) is 10.1. The van der Waals surface area contributed by atoms with Gasteiger partial charge >= 0.3 is 11.7 Å². The number of methoxy groups -OCH3 is 1. The molecular weight excluding hydrogens is 447 g/mol. The van der Waals surface area contributed by atoms with E-state index in [1.54, 1.807) is 6.07 Å². The van der Waals surface area contributed by atoms with Crippen LogP contribution in [0.15, 0.2) is 66.7 Å². The molecule has 176 valence electrons. The first kappa shape index (κ1) is 24.2. The number of nitrogens with zero attached hydrogens (tertiary/aromatic N) is 1. The lowest BCUT2D eigenvalue weighted by Gasteiger charge is -2.15. The molecule has 0 saturated heterocycles. The summed E-state index contributed by atoms with van der Waals surface area (Å²) >= 11 is 0. The molecule has 3 aromatic rings. The van der Waals surface area contributed by atoms with Gasteiger partial charge in [0.25, 0.3) is 5.91 Å². The predicted octanol–water partition coefficient (Wildman–Crippen LogP) is 4.51. The molecule has 3 aromatic carbocycles. The minimum atomic E-state index is -1.24. The lowest BCUT2D eigenvalue weighted by Crippen LogP contribution is -2.30. The van der Waals surface area contributed by atoms with Crippen LogP contribution < -0.4 is 14.8 Å². The van der Waals surface area contributed by atoms with Gasteiger partial charge in [-0.3, -0.25) is 14.9 Å². The summed E-state index contributed by atoms with van der Waals surface area (Å²) in [5.74, 6) is -1.84. The summed E-state index contributed by atoms with van der Waals surface area (Å²) in [6, 6.07) is 16.9. The van der Waals surface area contributed by atoms with Crippen LogP contribution >= 0.6 is 0 Å². The van der Waals surface area contributed by atoms with Crippen LogP contribution in [0.3, 0.4) is 0 Å². The summed E-state index contributed by atoms with van der Waals surface area (Å²) in [5, 5.41) is 13.2. The fraction of sp³-hybridized carbons (Fsp3) is 0.167. The number of nitrogens with one attached hydrogen (secondary N) is 1. The van der Waals surface area contributed by atoms with Gasteiger partial charge in [0.2, 0.25) is 5.82 Å². The molecule has 0 aliphatic heterocycles. The average molecular weight is 468 g/mol. The topological polar surface area (TPSA) is 117 Å². The second-order valence-electron chi connectivity index (χ2n) is 7.10. The van der Waals surface area contributed by atoms with Gasteiger partial charge in [-0.2, -0.15) is 4.39 Å². The number of hydrogen-bond donors (Lipinski definition) is 1. The molecule has 0 spiro atoms. The molecule has 0 bridgehead atoms. The van der Waals surface area contributed by atoms with Gasteiger partial charge in [-0.05, 0) is 42.8 Å². The first-order chi connectivity index (χ1) is 16.3. The van der Waals surface area contributed by atoms with Gasteiger partial charge in [0, 0.05) is 11.8 Å². The van der Waals surface area contributed by atoms with E-state index in [1.165, 1.54) is 26.2 Å². The summed E-state index contributed by atoms with van der Waals surface area (Å²) in [5.41, 5.74) is 0.284. The number of ether oxygens (including phenoxy) is 3. The number of rotatable bonds is 9. The maximum absolute atomic E-state index is 13.5. The van der Waals surface area contributed by atoms with Crippen molar-refractivity contribution in [2.45, 2.75) is 19.6 Å². The molecule has 9 nitrogen and oxygen atoms in total. The van der Waals surface area contributed by atoms with Gasteiger partial charge in [0.05, 0.1) is 17.6 Å². The number of amides is 1. The number of benzene rings is 3. The highest BCUT2D eigenvalue weighted by molar-refractivity contribution is 5.97. The van der Waals surface area contributed by atoms with Crippen LogP contribution in [-0.4, -0.2) is 30.0 Å². The first-order valence-electron chi connectivity index (χ1n) is 10.1. The van der Waals surface area contributed by atoms with Crippen molar-refractivity contribution < 1.29 is 33.1 Å². The standard InChI is InChI=1S/C24H21FN2O7/c1-15(23(28)26-18-9-10-19(25)20(13-18)27(30)31)34-24(29)17-8-11-21(22(12-17)32-2)33-14-16-6-4-3-5-7-16/h3-13,15H,14H2,1-2H3,(H,26,28). The van der Waals surface area contributed by atoms with Crippen LogP contribution in [0, 0.1) is 15.9 Å². The number of anilines is 1. The molecule has 0 aliphatic rings. The molecule has 0 aromatic heterocycles. The quantitative estimate of drug-likeness (QED) is 0.279. The van der Waals surface area contributed by atoms with E-state index < -0.39 is 34.4 Å². The Hall–Kier alpha value is -4.47. The number of hydrogen-bond acceptors (Lipinski definition) is 7. The van der Waals surface area contributed by atoms with Crippen molar-refractivity contribution in [2.75, 3.05) is 12.4 Å². The SMILES string of the molecule is COc1cc(C(=O)OC(C)C(=O)Nc2ccc(F)c([N+](=O)[O-])c2)ccc1OCc1ccccc1. The van der Waals surface area contributed by atoms with Crippen molar-refractivity contribution in [3.8, 4) is 11.5 Å². The van der Waals surface area contributed by atoms with Crippen molar-refractivity contribution in [1.82, 2.24) is 0 Å². The number of nitro groups is 1. The molecule has 1 atom stereocenters. The third-order valence-electron chi connectivity index (χ3n) is 4.70. The van der Waals surface area contributed by atoms with Crippen LogP contribution in [0.1, 0.15) is 22.8 Å². The Morgan fingerprint density at radius 3 is 2.47 bits per heavy atom. The van der Waals surface area contributed by atoms with E-state index in [0.717, 1.165) is 23.8 Å². The molecule has 0 fully saturated rings. The Morgan fingerprint density at radius 2 is 1.79 bits per heavy atom. The third-order valence-corrected chi connectivity index (χ3v) is 4.70. The molecule has 1 amide bonds. The smallest absolute Gasteiger partial charge is 0.339 e. The van der Waals surface area contributed by atoms with Crippen LogP contribution in [-0.2, 0) is 16.1 Å². The largest absolute Gasteiger partial charge is 0.493 e. The maximum Gasteiger partial charge on any atom is 0.339 e. The van der Waals surface area contributed by atoms with Gasteiger partial charge < -0.3 is 19.5 Å². The Kier molecular flexibility index (Phi) is 7.75. The van der Waals surface area contributed by atoms with Crippen LogP contribution in [0.2, 0.25) is 0 Å². The molecule has 10 heteroatoms. The van der Waals surface area contributed by atoms with E-state index >= 15 is 0 Å². The van der Waals surface area contributed by atoms with Gasteiger partial charge in [0.15, 0.2) is 17.6 Å². The molecule has 0 heterocycles. The lowest BCUT2D eigenvalue weighted by atomic mass is 10.2. The zero-order chi connectivity index (χ0) is 24.7. The molecule has 0 saturated carbocycles. The molecule has 0 aliphatic carbocycles. The van der Waals surface area contributed by atoms with Crippen LogP contribution in [0.25, 0.3) is 0 Å². The Labute approximate surface area is 194 Å². The number of halogens is 1. The molecule has 0 radical (unpaired) electrons. The van der Waals surface area contributed by atoms with Crippen molar-refractivity contribution in [3.63, 3.8) is 0 Å². The highest BCUT2D eigenvalue weighted by Crippen LogP contribution is 2.29. The van der Waals surface area contributed by atoms with Crippen molar-refractivity contribution in [2.24, 2.45) is 0 Å². The van der Waals surface area contributed by atoms with E-state index in [-0.39, 0.29) is 11.3 Å². The summed E-state index contributed by atoms with van der Waals surface area (Å²) in [6.45, 7) is 1.64. The minimum absolute atomic E-state index is 0.0115.